The molecule has 36 heavy (non-hydrogen) atoms. The van der Waals surface area contributed by atoms with E-state index in [1.165, 1.54) is 17.4 Å². The van der Waals surface area contributed by atoms with Crippen molar-refractivity contribution < 1.29 is 28.0 Å². The molecule has 0 aliphatic rings. The van der Waals surface area contributed by atoms with Crippen LogP contribution in [0, 0.1) is 11.6 Å². The van der Waals surface area contributed by atoms with Crippen molar-refractivity contribution in [3.63, 3.8) is 0 Å². The third-order valence-electron chi connectivity index (χ3n) is 5.15. The van der Waals surface area contributed by atoms with Crippen LogP contribution in [0.2, 0.25) is 0 Å². The number of nitrogens with one attached hydrogen (secondary N) is 2. The normalized spacial score (nSPS) is 12.6. The summed E-state index contributed by atoms with van der Waals surface area (Å²) in [4.78, 5) is 33.4. The van der Waals surface area contributed by atoms with E-state index in [0.717, 1.165) is 17.7 Å². The number of aromatic nitrogens is 3. The zero-order valence-corrected chi connectivity index (χ0v) is 19.5. The molecule has 4 rings (SSSR count). The minimum absolute atomic E-state index is 0.00611. The highest BCUT2D eigenvalue weighted by Gasteiger charge is 2.28. The number of carbonyl (C=O) groups is 2. The topological polar surface area (TPSA) is 130 Å². The summed E-state index contributed by atoms with van der Waals surface area (Å²) >= 11 is 1.36. The van der Waals surface area contributed by atoms with Crippen LogP contribution in [0.1, 0.15) is 16.4 Å². The van der Waals surface area contributed by atoms with Gasteiger partial charge < -0.3 is 20.3 Å². The molecular weight excluding hydrogens is 492 g/mol. The fourth-order valence-corrected chi connectivity index (χ4v) is 3.93. The van der Waals surface area contributed by atoms with Crippen molar-refractivity contribution in [2.45, 2.75) is 31.5 Å². The second-order valence-corrected chi connectivity index (χ2v) is 8.75. The molecule has 4 aromatic rings. The fourth-order valence-electron chi connectivity index (χ4n) is 3.37. The van der Waals surface area contributed by atoms with Crippen LogP contribution < -0.4 is 10.6 Å². The average molecular weight is 514 g/mol. The molecule has 2 aromatic heterocycles. The van der Waals surface area contributed by atoms with Crippen molar-refractivity contribution in [3.05, 3.63) is 88.1 Å². The van der Waals surface area contributed by atoms with E-state index in [1.54, 1.807) is 11.6 Å². The maximum Gasteiger partial charge on any atom is 0.258 e. The zero-order chi connectivity index (χ0) is 25.5. The van der Waals surface area contributed by atoms with Gasteiger partial charge in [-0.15, -0.1) is 11.3 Å². The van der Waals surface area contributed by atoms with Gasteiger partial charge in [-0.2, -0.15) is 4.98 Å². The van der Waals surface area contributed by atoms with Gasteiger partial charge in [0.25, 0.3) is 11.8 Å². The number of hydrogen-bond acceptors (Lipinski definition) is 8. The quantitative estimate of drug-likeness (QED) is 0.297. The largest absolute Gasteiger partial charge is 0.381 e. The smallest absolute Gasteiger partial charge is 0.258 e. The summed E-state index contributed by atoms with van der Waals surface area (Å²) in [5, 5.41) is 22.1. The van der Waals surface area contributed by atoms with Gasteiger partial charge in [-0.05, 0) is 30.2 Å². The predicted octanol–water partition coefficient (Wildman–Crippen LogP) is 2.42. The summed E-state index contributed by atoms with van der Waals surface area (Å²) < 4.78 is 31.7. The maximum absolute atomic E-state index is 13.5. The second-order valence-electron chi connectivity index (χ2n) is 7.77. The predicted molar refractivity (Wildman–Crippen MR) is 125 cm³/mol. The van der Waals surface area contributed by atoms with Crippen molar-refractivity contribution in [3.8, 4) is 11.5 Å². The number of aliphatic hydroxyl groups excluding tert-OH is 1. The van der Waals surface area contributed by atoms with Gasteiger partial charge in [0.2, 0.25) is 5.91 Å². The maximum atomic E-state index is 13.5. The molecule has 3 N–H and O–H groups in total. The molecule has 2 amide bonds. The molecule has 0 aliphatic heterocycles. The van der Waals surface area contributed by atoms with E-state index in [1.807, 2.05) is 30.3 Å². The number of benzene rings is 2. The summed E-state index contributed by atoms with van der Waals surface area (Å²) in [6.07, 6.45) is -0.0784. The van der Waals surface area contributed by atoms with Gasteiger partial charge in [0.1, 0.15) is 5.01 Å². The van der Waals surface area contributed by atoms with Gasteiger partial charge in [0, 0.05) is 17.1 Å². The van der Waals surface area contributed by atoms with Crippen LogP contribution in [0.4, 0.5) is 8.78 Å². The lowest BCUT2D eigenvalue weighted by atomic mass is 10.0. The number of thiazole rings is 1. The van der Waals surface area contributed by atoms with Gasteiger partial charge in [-0.3, -0.25) is 9.59 Å². The van der Waals surface area contributed by atoms with Crippen LogP contribution >= 0.6 is 11.3 Å². The summed E-state index contributed by atoms with van der Waals surface area (Å²) in [6, 6.07) is 11.2. The molecule has 9 nitrogen and oxygen atoms in total. The number of amides is 2. The van der Waals surface area contributed by atoms with Gasteiger partial charge in [0.05, 0.1) is 19.0 Å². The monoisotopic (exact) mass is 513 g/mol. The lowest BCUT2D eigenvalue weighted by Crippen LogP contribution is -2.52. The Bertz CT molecular complexity index is 1320. The van der Waals surface area contributed by atoms with Crippen LogP contribution in [0.3, 0.4) is 0 Å². The van der Waals surface area contributed by atoms with E-state index in [9.17, 15) is 23.5 Å². The van der Waals surface area contributed by atoms with Crippen LogP contribution in [-0.2, 0) is 29.0 Å². The molecule has 2 atom stereocenters. The second kappa shape index (κ2) is 11.6. The molecule has 0 bridgehead atoms. The van der Waals surface area contributed by atoms with Gasteiger partial charge in [0.15, 0.2) is 23.6 Å². The lowest BCUT2D eigenvalue weighted by molar-refractivity contribution is -0.132. The van der Waals surface area contributed by atoms with E-state index < -0.39 is 35.6 Å². The first-order valence-electron chi connectivity index (χ1n) is 10.8. The summed E-state index contributed by atoms with van der Waals surface area (Å²) in [5.41, 5.74) is 0.956. The molecule has 2 unspecified atom stereocenters. The molecule has 0 saturated carbocycles. The summed E-state index contributed by atoms with van der Waals surface area (Å²) in [6.45, 7) is 0.148. The van der Waals surface area contributed by atoms with Crippen LogP contribution in [0.15, 0.2) is 64.6 Å². The molecule has 0 spiro atoms. The highest BCUT2D eigenvalue weighted by Crippen LogP contribution is 2.20. The highest BCUT2D eigenvalue weighted by atomic mass is 32.1. The summed E-state index contributed by atoms with van der Waals surface area (Å²) in [5.74, 6) is -3.41. The Labute approximate surface area is 208 Å². The van der Waals surface area contributed by atoms with Crippen LogP contribution in [-0.4, -0.2) is 44.2 Å². The average Bonchev–Trinajstić information content (AvgIpc) is 3.56. The summed E-state index contributed by atoms with van der Waals surface area (Å²) in [7, 11) is 0. The van der Waals surface area contributed by atoms with Crippen molar-refractivity contribution in [2.75, 3.05) is 0 Å². The Morgan fingerprint density at radius 3 is 2.64 bits per heavy atom. The Balaban J connectivity index is 1.42. The molecular formula is C24H21F2N5O4S. The first-order valence-corrected chi connectivity index (χ1v) is 11.7. The standard InChI is InChI=1S/C24H21F2N5O4S/c25-16-7-6-15(11-17(16)26)24-30-19(31-35-24)12-20(32)29-18(10-14-4-2-1-3-5-14)22(33)23(34)28-13-21-27-8-9-36-21/h1-9,11,18,22,33H,10,12-13H2,(H,28,34)(H,29,32). The molecule has 2 heterocycles. The molecule has 0 fully saturated rings. The Hall–Kier alpha value is -4.03. The van der Waals surface area contributed by atoms with E-state index >= 15 is 0 Å². The number of aliphatic hydroxyl groups is 1. The van der Waals surface area contributed by atoms with E-state index in [2.05, 4.69) is 25.8 Å². The minimum Gasteiger partial charge on any atom is -0.381 e. The number of rotatable bonds is 10. The fraction of sp³-hybridized carbons (Fsp3) is 0.208. The van der Waals surface area contributed by atoms with E-state index in [-0.39, 0.29) is 36.7 Å². The number of halogens is 2. The van der Waals surface area contributed by atoms with Crippen LogP contribution in [0.5, 0.6) is 0 Å². The van der Waals surface area contributed by atoms with E-state index in [0.29, 0.717) is 5.01 Å². The van der Waals surface area contributed by atoms with Crippen molar-refractivity contribution in [2.24, 2.45) is 0 Å². The number of nitrogens with zero attached hydrogens (tertiary/aromatic N) is 3. The van der Waals surface area contributed by atoms with Crippen LogP contribution in [0.25, 0.3) is 11.5 Å². The third-order valence-corrected chi connectivity index (χ3v) is 5.92. The van der Waals surface area contributed by atoms with Crippen molar-refractivity contribution >= 4 is 23.2 Å². The molecule has 0 saturated heterocycles. The molecule has 12 heteroatoms. The lowest BCUT2D eigenvalue weighted by Gasteiger charge is -2.23. The zero-order valence-electron chi connectivity index (χ0n) is 18.7. The first-order chi connectivity index (χ1) is 17.4. The van der Waals surface area contributed by atoms with Crippen molar-refractivity contribution in [1.82, 2.24) is 25.8 Å². The van der Waals surface area contributed by atoms with Gasteiger partial charge >= 0.3 is 0 Å². The first kappa shape index (κ1) is 25.1. The van der Waals surface area contributed by atoms with Gasteiger partial charge in [-0.1, -0.05) is 35.5 Å². The minimum atomic E-state index is -1.54. The van der Waals surface area contributed by atoms with Crippen molar-refractivity contribution in [1.29, 1.82) is 0 Å². The Kier molecular flexibility index (Phi) is 8.08. The van der Waals surface area contributed by atoms with Gasteiger partial charge in [-0.25, -0.2) is 13.8 Å². The number of hydrogen-bond donors (Lipinski definition) is 3. The molecule has 0 radical (unpaired) electrons. The Morgan fingerprint density at radius 1 is 1.11 bits per heavy atom. The van der Waals surface area contributed by atoms with E-state index in [4.69, 9.17) is 4.52 Å². The molecule has 186 valence electrons. The third kappa shape index (κ3) is 6.55. The molecule has 0 aliphatic carbocycles. The highest BCUT2D eigenvalue weighted by molar-refractivity contribution is 7.09. The SMILES string of the molecule is O=C(Cc1noc(-c2ccc(F)c(F)c2)n1)NC(Cc1ccccc1)C(O)C(=O)NCc1nccs1. The molecule has 2 aromatic carbocycles. The number of carbonyl (C=O) groups excluding carboxylic acids is 2. The Morgan fingerprint density at radius 2 is 1.92 bits per heavy atom.